The molecule has 0 aliphatic carbocycles. The second kappa shape index (κ2) is 6.66. The molecule has 1 atom stereocenters. The molecule has 0 spiro atoms. The molecule has 1 N–H and O–H groups in total. The molecule has 1 aliphatic rings. The summed E-state index contributed by atoms with van der Waals surface area (Å²) in [4.78, 5) is 22.2. The van der Waals surface area contributed by atoms with Crippen LogP contribution in [-0.4, -0.2) is 16.7 Å². The first-order valence-corrected chi connectivity index (χ1v) is 7.85. The second-order valence-corrected chi connectivity index (χ2v) is 6.03. The summed E-state index contributed by atoms with van der Waals surface area (Å²) in [6.07, 6.45) is 4.86. The Morgan fingerprint density at radius 2 is 1.92 bits per heavy atom. The Kier molecular flexibility index (Phi) is 4.42. The normalized spacial score (nSPS) is 17.2. The molecule has 0 unspecified atom stereocenters. The lowest BCUT2D eigenvalue weighted by Gasteiger charge is -2.15. The number of non-ortho nitro benzene ring substituents is 1. The van der Waals surface area contributed by atoms with Crippen LogP contribution in [0.2, 0.25) is 0 Å². The van der Waals surface area contributed by atoms with Crippen LogP contribution in [0.3, 0.4) is 0 Å². The number of anilines is 1. The van der Waals surface area contributed by atoms with Crippen LogP contribution >= 0.6 is 0 Å². The van der Waals surface area contributed by atoms with E-state index in [0.717, 1.165) is 22.4 Å². The lowest BCUT2D eigenvalue weighted by Crippen LogP contribution is -2.17. The first kappa shape index (κ1) is 15.9. The van der Waals surface area contributed by atoms with Crippen molar-refractivity contribution in [2.24, 2.45) is 0 Å². The number of benzene rings is 2. The summed E-state index contributed by atoms with van der Waals surface area (Å²) >= 11 is 0. The van der Waals surface area contributed by atoms with Gasteiger partial charge in [-0.3, -0.25) is 14.9 Å². The highest BCUT2D eigenvalue weighted by Gasteiger charge is 2.19. The topological polar surface area (TPSA) is 72.2 Å². The number of nitrogens with one attached hydrogen (secondary N) is 1. The zero-order valence-corrected chi connectivity index (χ0v) is 13.4. The van der Waals surface area contributed by atoms with E-state index < -0.39 is 4.92 Å². The van der Waals surface area contributed by atoms with Crippen molar-refractivity contribution in [2.45, 2.75) is 25.8 Å². The molecular formula is C19H18N2O3. The fraction of sp³-hybridized carbons (Fsp3) is 0.211. The van der Waals surface area contributed by atoms with Crippen LogP contribution in [0.4, 0.5) is 11.4 Å². The van der Waals surface area contributed by atoms with Gasteiger partial charge >= 0.3 is 0 Å². The van der Waals surface area contributed by atoms with E-state index in [0.29, 0.717) is 12.8 Å². The van der Waals surface area contributed by atoms with Crippen molar-refractivity contribution in [3.8, 4) is 0 Å². The van der Waals surface area contributed by atoms with Crippen molar-refractivity contribution >= 4 is 29.3 Å². The SMILES string of the molecule is C[C@@H]1CC(=O)Cc2cccc(/C=C/c3ccc([N+](=O)[O-])cc3)c2N1. The number of ketones is 1. The van der Waals surface area contributed by atoms with Crippen molar-refractivity contribution < 1.29 is 9.72 Å². The van der Waals surface area contributed by atoms with Gasteiger partial charge in [-0.15, -0.1) is 0 Å². The average molecular weight is 322 g/mol. The third kappa shape index (κ3) is 3.51. The number of carbonyl (C=O) groups is 1. The van der Waals surface area contributed by atoms with E-state index in [4.69, 9.17) is 0 Å². The Bertz CT molecular complexity index is 810. The zero-order valence-electron chi connectivity index (χ0n) is 13.4. The van der Waals surface area contributed by atoms with Gasteiger partial charge in [0.05, 0.1) is 4.92 Å². The number of Topliss-reactive ketones (excluding diaryl/α,β-unsaturated/α-hetero) is 1. The van der Waals surface area contributed by atoms with Gasteiger partial charge in [0.25, 0.3) is 5.69 Å². The van der Waals surface area contributed by atoms with Gasteiger partial charge in [-0.05, 0) is 35.7 Å². The summed E-state index contributed by atoms with van der Waals surface area (Å²) in [6, 6.07) is 12.4. The van der Waals surface area contributed by atoms with Crippen molar-refractivity contribution in [3.05, 3.63) is 69.3 Å². The van der Waals surface area contributed by atoms with Gasteiger partial charge in [0.1, 0.15) is 5.78 Å². The van der Waals surface area contributed by atoms with Crippen molar-refractivity contribution in [1.82, 2.24) is 0 Å². The van der Waals surface area contributed by atoms with Gasteiger partial charge in [-0.1, -0.05) is 30.4 Å². The van der Waals surface area contributed by atoms with E-state index >= 15 is 0 Å². The molecule has 0 saturated heterocycles. The molecule has 24 heavy (non-hydrogen) atoms. The predicted octanol–water partition coefficient (Wildman–Crippen LogP) is 4.08. The highest BCUT2D eigenvalue weighted by atomic mass is 16.6. The maximum Gasteiger partial charge on any atom is 0.269 e. The summed E-state index contributed by atoms with van der Waals surface area (Å²) in [7, 11) is 0. The molecule has 3 rings (SSSR count). The predicted molar refractivity (Wildman–Crippen MR) is 94.9 cm³/mol. The quantitative estimate of drug-likeness (QED) is 0.525. The van der Waals surface area contributed by atoms with Gasteiger partial charge in [0, 0.05) is 36.7 Å². The highest BCUT2D eigenvalue weighted by Crippen LogP contribution is 2.28. The standard InChI is InChI=1S/C19H18N2O3/c1-13-11-18(22)12-16-4-2-3-15(19(16)20-13)8-5-14-6-9-17(10-7-14)21(23)24/h2-10,13,20H,11-12H2,1H3/b8-5+/t13-/m1/s1. The third-order valence-corrected chi connectivity index (χ3v) is 4.05. The zero-order chi connectivity index (χ0) is 17.1. The molecule has 2 aromatic rings. The van der Waals surface area contributed by atoms with Crippen LogP contribution < -0.4 is 5.32 Å². The fourth-order valence-corrected chi connectivity index (χ4v) is 2.90. The number of para-hydroxylation sites is 1. The minimum Gasteiger partial charge on any atom is -0.381 e. The Labute approximate surface area is 140 Å². The van der Waals surface area contributed by atoms with E-state index in [1.807, 2.05) is 37.3 Å². The van der Waals surface area contributed by atoms with Gasteiger partial charge in [0.15, 0.2) is 0 Å². The van der Waals surface area contributed by atoms with Gasteiger partial charge in [-0.2, -0.15) is 0 Å². The van der Waals surface area contributed by atoms with E-state index in [9.17, 15) is 14.9 Å². The van der Waals surface area contributed by atoms with E-state index in [1.165, 1.54) is 12.1 Å². The first-order valence-electron chi connectivity index (χ1n) is 7.85. The van der Waals surface area contributed by atoms with Gasteiger partial charge in [0.2, 0.25) is 0 Å². The van der Waals surface area contributed by atoms with E-state index in [-0.39, 0.29) is 17.5 Å². The van der Waals surface area contributed by atoms with Crippen LogP contribution in [0.25, 0.3) is 12.2 Å². The molecule has 1 heterocycles. The lowest BCUT2D eigenvalue weighted by atomic mass is 10.0. The summed E-state index contributed by atoms with van der Waals surface area (Å²) in [5.74, 6) is 0.241. The average Bonchev–Trinajstić information content (AvgIpc) is 2.69. The lowest BCUT2D eigenvalue weighted by molar-refractivity contribution is -0.384. The number of hydrogen-bond donors (Lipinski definition) is 1. The number of nitro groups is 1. The third-order valence-electron chi connectivity index (χ3n) is 4.05. The molecule has 0 amide bonds. The molecule has 5 nitrogen and oxygen atoms in total. The fourth-order valence-electron chi connectivity index (χ4n) is 2.90. The maximum absolute atomic E-state index is 11.9. The molecule has 0 fully saturated rings. The molecule has 0 bridgehead atoms. The molecular weight excluding hydrogens is 304 g/mol. The molecule has 2 aromatic carbocycles. The Morgan fingerprint density at radius 1 is 1.17 bits per heavy atom. The number of rotatable bonds is 3. The van der Waals surface area contributed by atoms with Crippen LogP contribution in [0.1, 0.15) is 30.0 Å². The molecule has 1 aliphatic heterocycles. The second-order valence-electron chi connectivity index (χ2n) is 6.03. The first-order chi connectivity index (χ1) is 11.5. The molecule has 122 valence electrons. The van der Waals surface area contributed by atoms with Crippen LogP contribution in [0.5, 0.6) is 0 Å². The molecule has 0 saturated carbocycles. The van der Waals surface area contributed by atoms with Gasteiger partial charge in [-0.25, -0.2) is 0 Å². The van der Waals surface area contributed by atoms with Crippen molar-refractivity contribution in [2.75, 3.05) is 5.32 Å². The minimum absolute atomic E-state index is 0.0785. The maximum atomic E-state index is 11.9. The Hall–Kier alpha value is -2.95. The van der Waals surface area contributed by atoms with Gasteiger partial charge < -0.3 is 5.32 Å². The van der Waals surface area contributed by atoms with Crippen LogP contribution in [0, 0.1) is 10.1 Å². The van der Waals surface area contributed by atoms with Crippen LogP contribution in [-0.2, 0) is 11.2 Å². The number of carbonyl (C=O) groups excluding carboxylic acids is 1. The molecule has 5 heteroatoms. The van der Waals surface area contributed by atoms with Crippen LogP contribution in [0.15, 0.2) is 42.5 Å². The Morgan fingerprint density at radius 3 is 2.62 bits per heavy atom. The van der Waals surface area contributed by atoms with E-state index in [1.54, 1.807) is 12.1 Å². The highest BCUT2D eigenvalue weighted by molar-refractivity contribution is 5.88. The molecule has 0 aromatic heterocycles. The summed E-state index contributed by atoms with van der Waals surface area (Å²) < 4.78 is 0. The number of hydrogen-bond acceptors (Lipinski definition) is 4. The van der Waals surface area contributed by atoms with Crippen molar-refractivity contribution in [1.29, 1.82) is 0 Å². The summed E-state index contributed by atoms with van der Waals surface area (Å²) in [5, 5.41) is 14.1. The summed E-state index contributed by atoms with van der Waals surface area (Å²) in [6.45, 7) is 2.00. The monoisotopic (exact) mass is 322 g/mol. The minimum atomic E-state index is -0.410. The number of nitrogens with zero attached hydrogens (tertiary/aromatic N) is 1. The number of fused-ring (bicyclic) bond motifs is 1. The largest absolute Gasteiger partial charge is 0.381 e. The smallest absolute Gasteiger partial charge is 0.269 e. The summed E-state index contributed by atoms with van der Waals surface area (Å²) in [5.41, 5.74) is 3.97. The number of nitro benzene ring substituents is 1. The molecule has 0 radical (unpaired) electrons. The van der Waals surface area contributed by atoms with Crippen molar-refractivity contribution in [3.63, 3.8) is 0 Å². The van der Waals surface area contributed by atoms with E-state index in [2.05, 4.69) is 5.32 Å². The Balaban J connectivity index is 1.89.